The first-order chi connectivity index (χ1) is 13.8. The van der Waals surface area contributed by atoms with E-state index in [2.05, 4.69) is 77.4 Å². The minimum atomic E-state index is 0.339. The number of hydrogen-bond acceptors (Lipinski definition) is 0. The zero-order valence-corrected chi connectivity index (χ0v) is 22.1. The molecule has 1 aromatic carbocycles. The third-order valence-corrected chi connectivity index (χ3v) is 11.0. The van der Waals surface area contributed by atoms with Crippen LogP contribution < -0.4 is 0 Å². The molecule has 0 unspecified atom stereocenters. The lowest BCUT2D eigenvalue weighted by molar-refractivity contribution is 0.277. The summed E-state index contributed by atoms with van der Waals surface area (Å²) in [5.41, 5.74) is 8.24. The lowest BCUT2D eigenvalue weighted by atomic mass is 9.70. The summed E-state index contributed by atoms with van der Waals surface area (Å²) in [6, 6.07) is 2.76. The zero-order valence-electron chi connectivity index (χ0n) is 20.5. The van der Waals surface area contributed by atoms with Gasteiger partial charge in [-0.2, -0.15) is 0 Å². The Hall–Kier alpha value is -0.300. The van der Waals surface area contributed by atoms with Crippen molar-refractivity contribution in [3.63, 3.8) is 0 Å². The zero-order chi connectivity index (χ0) is 21.7. The fraction of sp³-hybridized carbons (Fsp3) is 0.786. The average molecular weight is 462 g/mol. The molecule has 1 heteroatoms. The molecule has 0 N–H and O–H groups in total. The topological polar surface area (TPSA) is 0 Å². The molecule has 0 aliphatic heterocycles. The fourth-order valence-corrected chi connectivity index (χ4v) is 8.92. The van der Waals surface area contributed by atoms with Crippen LogP contribution in [0, 0.1) is 0 Å². The molecule has 29 heavy (non-hydrogen) atoms. The van der Waals surface area contributed by atoms with Crippen molar-refractivity contribution in [3.05, 3.63) is 32.8 Å². The smallest absolute Gasteiger partial charge is 0.0256 e. The molecule has 0 aromatic heterocycles. The Kier molecular flexibility index (Phi) is 6.44. The standard InChI is InChI=1S/C28H45Br/c1-9-25(10-2)18-27(13-5,14-6)22-20(25)17-21-23(24(22)29)28(15-7,16-8)19-26(21,11-3)12-4/h17H,9-16,18-19H2,1-8H3. The molecule has 0 spiro atoms. The van der Waals surface area contributed by atoms with Crippen LogP contribution in [0.15, 0.2) is 10.5 Å². The molecular weight excluding hydrogens is 416 g/mol. The lowest BCUT2D eigenvalue weighted by Crippen LogP contribution is -2.29. The van der Waals surface area contributed by atoms with E-state index >= 15 is 0 Å². The van der Waals surface area contributed by atoms with Crippen LogP contribution in [0.4, 0.5) is 0 Å². The maximum Gasteiger partial charge on any atom is 0.0256 e. The van der Waals surface area contributed by atoms with Crippen molar-refractivity contribution in [2.75, 3.05) is 0 Å². The van der Waals surface area contributed by atoms with Gasteiger partial charge in [-0.05, 0) is 108 Å². The molecule has 0 bridgehead atoms. The number of fused-ring (bicyclic) bond motifs is 2. The fourth-order valence-electron chi connectivity index (χ4n) is 7.66. The summed E-state index contributed by atoms with van der Waals surface area (Å²) in [6.45, 7) is 19.5. The maximum atomic E-state index is 4.32. The number of rotatable bonds is 8. The Bertz CT molecular complexity index is 680. The summed E-state index contributed by atoms with van der Waals surface area (Å²) < 4.78 is 1.52. The van der Waals surface area contributed by atoms with Gasteiger partial charge in [-0.15, -0.1) is 0 Å². The Morgan fingerprint density at radius 2 is 0.828 bits per heavy atom. The van der Waals surface area contributed by atoms with Gasteiger partial charge in [0.05, 0.1) is 0 Å². The third kappa shape index (κ3) is 2.88. The molecule has 2 aliphatic carbocycles. The first-order valence-corrected chi connectivity index (χ1v) is 13.5. The summed E-state index contributed by atoms with van der Waals surface area (Å²) in [5, 5.41) is 0. The number of hydrogen-bond donors (Lipinski definition) is 0. The molecule has 1 aromatic rings. The van der Waals surface area contributed by atoms with E-state index in [1.165, 1.54) is 68.7 Å². The molecule has 0 nitrogen and oxygen atoms in total. The molecule has 0 fully saturated rings. The second-order valence-corrected chi connectivity index (χ2v) is 11.1. The van der Waals surface area contributed by atoms with E-state index in [1.807, 2.05) is 0 Å². The van der Waals surface area contributed by atoms with Crippen molar-refractivity contribution < 1.29 is 0 Å². The minimum absolute atomic E-state index is 0.339. The van der Waals surface area contributed by atoms with Gasteiger partial charge in [0.15, 0.2) is 0 Å². The van der Waals surface area contributed by atoms with E-state index in [0.717, 1.165) is 0 Å². The van der Waals surface area contributed by atoms with Gasteiger partial charge in [-0.1, -0.05) is 77.4 Å². The Morgan fingerprint density at radius 3 is 1.07 bits per heavy atom. The minimum Gasteiger partial charge on any atom is -0.0645 e. The second kappa shape index (κ2) is 7.99. The van der Waals surface area contributed by atoms with Crippen LogP contribution in [0.25, 0.3) is 0 Å². The van der Waals surface area contributed by atoms with Gasteiger partial charge in [-0.3, -0.25) is 0 Å². The van der Waals surface area contributed by atoms with Crippen molar-refractivity contribution in [2.24, 2.45) is 0 Å². The van der Waals surface area contributed by atoms with Crippen LogP contribution in [0.5, 0.6) is 0 Å². The Balaban J connectivity index is 2.46. The molecule has 0 radical (unpaired) electrons. The monoisotopic (exact) mass is 460 g/mol. The molecule has 0 saturated carbocycles. The summed E-state index contributed by atoms with van der Waals surface area (Å²) >= 11 is 4.32. The van der Waals surface area contributed by atoms with Crippen LogP contribution in [0.1, 0.15) is 142 Å². The van der Waals surface area contributed by atoms with Gasteiger partial charge in [0.25, 0.3) is 0 Å². The van der Waals surface area contributed by atoms with Gasteiger partial charge in [0, 0.05) is 4.47 Å². The van der Waals surface area contributed by atoms with Crippen LogP contribution >= 0.6 is 15.9 Å². The molecule has 3 rings (SSSR count). The molecule has 0 atom stereocenters. The van der Waals surface area contributed by atoms with Crippen molar-refractivity contribution in [3.8, 4) is 0 Å². The molecule has 164 valence electrons. The highest BCUT2D eigenvalue weighted by atomic mass is 79.9. The van der Waals surface area contributed by atoms with Crippen molar-refractivity contribution in [2.45, 2.75) is 141 Å². The first kappa shape index (κ1) is 23.4. The van der Waals surface area contributed by atoms with Gasteiger partial charge in [0.1, 0.15) is 0 Å². The summed E-state index contributed by atoms with van der Waals surface area (Å²) in [5.74, 6) is 0. The van der Waals surface area contributed by atoms with E-state index in [4.69, 9.17) is 0 Å². The highest BCUT2D eigenvalue weighted by Crippen LogP contribution is 2.65. The van der Waals surface area contributed by atoms with Crippen molar-refractivity contribution in [1.29, 1.82) is 0 Å². The first-order valence-electron chi connectivity index (χ1n) is 12.7. The lowest BCUT2D eigenvalue weighted by Gasteiger charge is -2.35. The highest BCUT2D eigenvalue weighted by molar-refractivity contribution is 9.10. The van der Waals surface area contributed by atoms with E-state index in [0.29, 0.717) is 21.7 Å². The Labute approximate surface area is 189 Å². The van der Waals surface area contributed by atoms with Crippen molar-refractivity contribution >= 4 is 15.9 Å². The largest absolute Gasteiger partial charge is 0.0645 e. The predicted molar refractivity (Wildman–Crippen MR) is 132 cm³/mol. The van der Waals surface area contributed by atoms with E-state index in [1.54, 1.807) is 22.3 Å². The molecule has 0 amide bonds. The molecule has 2 aliphatic rings. The van der Waals surface area contributed by atoms with Crippen LogP contribution in [0.3, 0.4) is 0 Å². The van der Waals surface area contributed by atoms with Gasteiger partial charge in [0.2, 0.25) is 0 Å². The average Bonchev–Trinajstić information content (AvgIpc) is 3.23. The van der Waals surface area contributed by atoms with Crippen LogP contribution in [-0.4, -0.2) is 0 Å². The summed E-state index contributed by atoms with van der Waals surface area (Å²) in [7, 11) is 0. The molecular formula is C28H45Br. The molecule has 0 heterocycles. The number of benzene rings is 1. The van der Waals surface area contributed by atoms with Crippen LogP contribution in [-0.2, 0) is 21.7 Å². The highest BCUT2D eigenvalue weighted by Gasteiger charge is 2.55. The third-order valence-electron chi connectivity index (χ3n) is 10.2. The SMILES string of the molecule is CCC1(CC)CC(CC)(CC)c2c1cc1c(c2Br)C(CC)(CC)CC1(CC)CC. The van der Waals surface area contributed by atoms with E-state index in [9.17, 15) is 0 Å². The summed E-state index contributed by atoms with van der Waals surface area (Å²) in [6.07, 6.45) is 12.8. The van der Waals surface area contributed by atoms with E-state index in [-0.39, 0.29) is 0 Å². The van der Waals surface area contributed by atoms with Crippen LogP contribution in [0.2, 0.25) is 0 Å². The normalized spacial score (nSPS) is 22.5. The molecule has 0 saturated heterocycles. The van der Waals surface area contributed by atoms with Crippen molar-refractivity contribution in [1.82, 2.24) is 0 Å². The predicted octanol–water partition coefficient (Wildman–Crippen LogP) is 9.49. The van der Waals surface area contributed by atoms with Gasteiger partial charge >= 0.3 is 0 Å². The van der Waals surface area contributed by atoms with Gasteiger partial charge < -0.3 is 0 Å². The quantitative estimate of drug-likeness (QED) is 0.362. The van der Waals surface area contributed by atoms with Gasteiger partial charge in [-0.25, -0.2) is 0 Å². The summed E-state index contributed by atoms with van der Waals surface area (Å²) in [4.78, 5) is 0. The Morgan fingerprint density at radius 1 is 0.552 bits per heavy atom. The number of halogens is 1. The van der Waals surface area contributed by atoms with E-state index < -0.39 is 0 Å². The maximum absolute atomic E-state index is 4.32. The second-order valence-electron chi connectivity index (χ2n) is 10.3.